The highest BCUT2D eigenvalue weighted by Gasteiger charge is 2.36. The van der Waals surface area contributed by atoms with Gasteiger partial charge < -0.3 is 20.3 Å². The van der Waals surface area contributed by atoms with Gasteiger partial charge in [-0.1, -0.05) is 35.9 Å². The lowest BCUT2D eigenvalue weighted by Gasteiger charge is -2.20. The average molecular weight is 478 g/mol. The van der Waals surface area contributed by atoms with Crippen molar-refractivity contribution in [2.75, 3.05) is 28.7 Å². The molecule has 7 nitrogen and oxygen atoms in total. The summed E-state index contributed by atoms with van der Waals surface area (Å²) in [5.74, 6) is -0.695. The van der Waals surface area contributed by atoms with Gasteiger partial charge in [-0.3, -0.25) is 14.4 Å². The van der Waals surface area contributed by atoms with Crippen LogP contribution in [-0.2, 0) is 9.59 Å². The summed E-state index contributed by atoms with van der Waals surface area (Å²) in [6.07, 6.45) is 0.0889. The molecule has 1 heterocycles. The molecule has 1 fully saturated rings. The van der Waals surface area contributed by atoms with Gasteiger partial charge in [0.2, 0.25) is 11.8 Å². The second-order valence-corrected chi connectivity index (χ2v) is 8.24. The summed E-state index contributed by atoms with van der Waals surface area (Å²) >= 11 is 5.89. The van der Waals surface area contributed by atoms with E-state index in [1.807, 2.05) is 25.1 Å². The fourth-order valence-electron chi connectivity index (χ4n) is 3.81. The maximum absolute atomic E-state index is 13.0. The number of halogens is 1. The molecule has 34 heavy (non-hydrogen) atoms. The van der Waals surface area contributed by atoms with Crippen LogP contribution in [0.5, 0.6) is 5.75 Å². The largest absolute Gasteiger partial charge is 0.492 e. The number of nitrogens with zero attached hydrogens (tertiary/aromatic N) is 1. The number of carbonyl (C=O) groups is 3. The third-order valence-corrected chi connectivity index (χ3v) is 5.74. The monoisotopic (exact) mass is 477 g/mol. The topological polar surface area (TPSA) is 87.7 Å². The number of amides is 3. The van der Waals surface area contributed by atoms with Crippen molar-refractivity contribution in [1.82, 2.24) is 0 Å². The molecule has 1 aliphatic rings. The van der Waals surface area contributed by atoms with Crippen LogP contribution in [0.25, 0.3) is 0 Å². The summed E-state index contributed by atoms with van der Waals surface area (Å²) in [4.78, 5) is 40.0. The lowest BCUT2D eigenvalue weighted by molar-refractivity contribution is -0.122. The van der Waals surface area contributed by atoms with E-state index in [0.717, 1.165) is 0 Å². The van der Waals surface area contributed by atoms with Crippen molar-refractivity contribution in [3.8, 4) is 5.75 Å². The third kappa shape index (κ3) is 5.21. The van der Waals surface area contributed by atoms with Crippen molar-refractivity contribution < 1.29 is 19.1 Å². The molecule has 1 unspecified atom stereocenters. The fourth-order valence-corrected chi connectivity index (χ4v) is 3.93. The molecule has 0 saturated carbocycles. The van der Waals surface area contributed by atoms with Gasteiger partial charge in [-0.25, -0.2) is 0 Å². The Bertz CT molecular complexity index is 1210. The van der Waals surface area contributed by atoms with E-state index in [9.17, 15) is 14.4 Å². The maximum atomic E-state index is 13.0. The molecule has 3 aromatic carbocycles. The first-order valence-corrected chi connectivity index (χ1v) is 11.3. The first kappa shape index (κ1) is 23.3. The van der Waals surface area contributed by atoms with Gasteiger partial charge >= 0.3 is 0 Å². The highest BCUT2D eigenvalue weighted by Crippen LogP contribution is 2.34. The van der Waals surface area contributed by atoms with E-state index >= 15 is 0 Å². The average Bonchev–Trinajstić information content (AvgIpc) is 3.23. The Morgan fingerprint density at radius 2 is 1.62 bits per heavy atom. The first-order chi connectivity index (χ1) is 16.5. The molecule has 0 bridgehead atoms. The number of carbonyl (C=O) groups excluding carboxylic acids is 3. The normalized spacial score (nSPS) is 15.2. The van der Waals surface area contributed by atoms with E-state index in [-0.39, 0.29) is 30.7 Å². The van der Waals surface area contributed by atoms with Gasteiger partial charge in [0.05, 0.1) is 29.6 Å². The Labute approximate surface area is 202 Å². The van der Waals surface area contributed by atoms with Gasteiger partial charge in [0.25, 0.3) is 5.91 Å². The zero-order valence-corrected chi connectivity index (χ0v) is 19.3. The van der Waals surface area contributed by atoms with Gasteiger partial charge in [-0.05, 0) is 55.5 Å². The molecule has 0 aliphatic carbocycles. The van der Waals surface area contributed by atoms with Crippen LogP contribution < -0.4 is 20.3 Å². The lowest BCUT2D eigenvalue weighted by Crippen LogP contribution is -2.28. The zero-order chi connectivity index (χ0) is 24.1. The number of hydrogen-bond donors (Lipinski definition) is 2. The Balaban J connectivity index is 1.46. The molecule has 3 aromatic rings. The van der Waals surface area contributed by atoms with Crippen LogP contribution in [0.15, 0.2) is 72.8 Å². The van der Waals surface area contributed by atoms with E-state index in [1.54, 1.807) is 59.5 Å². The fraction of sp³-hybridized carbons (Fsp3) is 0.192. The standard InChI is InChI=1S/C26H24ClN3O4/c1-2-34-23-10-6-5-9-22(23)30-16-18(15-24(30)31)26(33)29-21-8-4-3-7-20(21)28-25(32)17-11-13-19(27)14-12-17/h3-14,18H,2,15-16H2,1H3,(H,28,32)(H,29,33). The molecular weight excluding hydrogens is 454 g/mol. The number of hydrogen-bond acceptors (Lipinski definition) is 4. The van der Waals surface area contributed by atoms with E-state index in [2.05, 4.69) is 10.6 Å². The second-order valence-electron chi connectivity index (χ2n) is 7.80. The minimum atomic E-state index is -0.540. The Morgan fingerprint density at radius 1 is 0.971 bits per heavy atom. The summed E-state index contributed by atoms with van der Waals surface area (Å²) in [7, 11) is 0. The third-order valence-electron chi connectivity index (χ3n) is 5.49. The molecule has 0 aromatic heterocycles. The maximum Gasteiger partial charge on any atom is 0.255 e. The van der Waals surface area contributed by atoms with Gasteiger partial charge in [-0.2, -0.15) is 0 Å². The molecular formula is C26H24ClN3O4. The summed E-state index contributed by atoms with van der Waals surface area (Å²) in [6, 6.07) is 20.7. The van der Waals surface area contributed by atoms with Gasteiger partial charge in [-0.15, -0.1) is 0 Å². The van der Waals surface area contributed by atoms with Gasteiger partial charge in [0, 0.05) is 23.6 Å². The lowest BCUT2D eigenvalue weighted by atomic mass is 10.1. The Hall–Kier alpha value is -3.84. The number of rotatable bonds is 7. The molecule has 0 spiro atoms. The van der Waals surface area contributed by atoms with Crippen molar-refractivity contribution in [3.05, 3.63) is 83.4 Å². The predicted octanol–water partition coefficient (Wildman–Crippen LogP) is 4.98. The van der Waals surface area contributed by atoms with Crippen LogP contribution in [0.2, 0.25) is 5.02 Å². The van der Waals surface area contributed by atoms with Gasteiger partial charge in [0.15, 0.2) is 0 Å². The van der Waals surface area contributed by atoms with Crippen LogP contribution in [0, 0.1) is 5.92 Å². The van der Waals surface area contributed by atoms with E-state index in [4.69, 9.17) is 16.3 Å². The Morgan fingerprint density at radius 3 is 2.32 bits per heavy atom. The summed E-state index contributed by atoms with van der Waals surface area (Å²) in [5.41, 5.74) is 2.00. The second kappa shape index (κ2) is 10.4. The van der Waals surface area contributed by atoms with Crippen molar-refractivity contribution in [2.24, 2.45) is 5.92 Å². The number of ether oxygens (including phenoxy) is 1. The number of para-hydroxylation sites is 4. The number of anilines is 3. The van der Waals surface area contributed by atoms with Crippen LogP contribution >= 0.6 is 11.6 Å². The minimum Gasteiger partial charge on any atom is -0.492 e. The molecule has 1 atom stereocenters. The Kier molecular flexibility index (Phi) is 7.13. The first-order valence-electron chi connectivity index (χ1n) is 10.9. The number of nitrogens with one attached hydrogen (secondary N) is 2. The summed E-state index contributed by atoms with van der Waals surface area (Å²) < 4.78 is 5.64. The molecule has 4 rings (SSSR count). The van der Waals surface area contributed by atoms with Crippen LogP contribution in [0.1, 0.15) is 23.7 Å². The molecule has 1 saturated heterocycles. The van der Waals surface area contributed by atoms with Crippen molar-refractivity contribution in [2.45, 2.75) is 13.3 Å². The molecule has 0 radical (unpaired) electrons. The SMILES string of the molecule is CCOc1ccccc1N1CC(C(=O)Nc2ccccc2NC(=O)c2ccc(Cl)cc2)CC1=O. The highest BCUT2D eigenvalue weighted by molar-refractivity contribution is 6.30. The molecule has 174 valence electrons. The minimum absolute atomic E-state index is 0.0889. The van der Waals surface area contributed by atoms with Gasteiger partial charge in [0.1, 0.15) is 5.75 Å². The summed E-state index contributed by atoms with van der Waals surface area (Å²) in [5, 5.41) is 6.22. The number of benzene rings is 3. The summed E-state index contributed by atoms with van der Waals surface area (Å²) in [6.45, 7) is 2.59. The van der Waals surface area contributed by atoms with Crippen LogP contribution in [0.3, 0.4) is 0 Å². The van der Waals surface area contributed by atoms with E-state index in [1.165, 1.54) is 0 Å². The molecule has 3 amide bonds. The zero-order valence-electron chi connectivity index (χ0n) is 18.6. The molecule has 2 N–H and O–H groups in total. The quantitative estimate of drug-likeness (QED) is 0.502. The van der Waals surface area contributed by atoms with Crippen molar-refractivity contribution >= 4 is 46.4 Å². The van der Waals surface area contributed by atoms with Crippen molar-refractivity contribution in [3.63, 3.8) is 0 Å². The van der Waals surface area contributed by atoms with Crippen LogP contribution in [0.4, 0.5) is 17.1 Å². The van der Waals surface area contributed by atoms with E-state index in [0.29, 0.717) is 40.0 Å². The highest BCUT2D eigenvalue weighted by atomic mass is 35.5. The van der Waals surface area contributed by atoms with Crippen molar-refractivity contribution in [1.29, 1.82) is 0 Å². The molecule has 8 heteroatoms. The predicted molar refractivity (Wildman–Crippen MR) is 133 cm³/mol. The smallest absolute Gasteiger partial charge is 0.255 e. The van der Waals surface area contributed by atoms with E-state index < -0.39 is 5.92 Å². The molecule has 1 aliphatic heterocycles. The van der Waals surface area contributed by atoms with Crippen LogP contribution in [-0.4, -0.2) is 30.9 Å².